The van der Waals surface area contributed by atoms with E-state index in [2.05, 4.69) is 10.3 Å². The van der Waals surface area contributed by atoms with Crippen LogP contribution in [0.15, 0.2) is 18.2 Å². The third-order valence-electron chi connectivity index (χ3n) is 2.06. The lowest BCUT2D eigenvalue weighted by atomic mass is 10.0. The number of ketones is 1. The summed E-state index contributed by atoms with van der Waals surface area (Å²) >= 11 is 0. The molecule has 0 saturated carbocycles. The van der Waals surface area contributed by atoms with Crippen LogP contribution in [0, 0.1) is 0 Å². The second kappa shape index (κ2) is 3.01. The summed E-state index contributed by atoms with van der Waals surface area (Å²) in [7, 11) is 1.81. The molecule has 0 fully saturated rings. The molecule has 1 aliphatic carbocycles. The van der Waals surface area contributed by atoms with E-state index in [9.17, 15) is 4.79 Å². The highest BCUT2D eigenvalue weighted by Crippen LogP contribution is 2.18. The van der Waals surface area contributed by atoms with Gasteiger partial charge < -0.3 is 5.32 Å². The molecular formula is C10H10N2O. The van der Waals surface area contributed by atoms with Crippen molar-refractivity contribution in [2.75, 3.05) is 12.4 Å². The summed E-state index contributed by atoms with van der Waals surface area (Å²) in [6.45, 7) is 0. The number of anilines is 1. The van der Waals surface area contributed by atoms with E-state index in [1.165, 1.54) is 0 Å². The van der Waals surface area contributed by atoms with Gasteiger partial charge in [0, 0.05) is 19.0 Å². The molecule has 1 aliphatic rings. The largest absolute Gasteiger partial charge is 0.373 e. The molecular weight excluding hydrogens is 164 g/mol. The Kier molecular flexibility index (Phi) is 1.85. The van der Waals surface area contributed by atoms with Crippen LogP contribution in [0.1, 0.15) is 22.5 Å². The Morgan fingerprint density at radius 3 is 3.08 bits per heavy atom. The summed E-state index contributed by atoms with van der Waals surface area (Å²) < 4.78 is 0. The molecule has 0 amide bonds. The number of aromatic nitrogens is 1. The molecule has 0 unspecified atom stereocenters. The van der Waals surface area contributed by atoms with E-state index in [4.69, 9.17) is 0 Å². The van der Waals surface area contributed by atoms with Crippen LogP contribution in [0.25, 0.3) is 6.08 Å². The van der Waals surface area contributed by atoms with Crippen molar-refractivity contribution in [1.82, 2.24) is 4.98 Å². The van der Waals surface area contributed by atoms with Gasteiger partial charge in [-0.3, -0.25) is 4.79 Å². The molecule has 0 atom stereocenters. The van der Waals surface area contributed by atoms with Gasteiger partial charge in [-0.05, 0) is 18.2 Å². The Balaban J connectivity index is 2.53. The molecule has 13 heavy (non-hydrogen) atoms. The predicted molar refractivity (Wildman–Crippen MR) is 51.8 cm³/mol. The first-order valence-electron chi connectivity index (χ1n) is 4.20. The number of nitrogens with one attached hydrogen (secondary N) is 1. The Hall–Kier alpha value is -1.64. The lowest BCUT2D eigenvalue weighted by Crippen LogP contribution is -2.07. The lowest BCUT2D eigenvalue weighted by Gasteiger charge is -2.09. The van der Waals surface area contributed by atoms with E-state index in [0.717, 1.165) is 17.1 Å². The molecule has 0 aromatic carbocycles. The summed E-state index contributed by atoms with van der Waals surface area (Å²) in [5.41, 5.74) is 1.49. The van der Waals surface area contributed by atoms with Gasteiger partial charge in [-0.1, -0.05) is 6.08 Å². The zero-order chi connectivity index (χ0) is 9.26. The highest BCUT2D eigenvalue weighted by molar-refractivity contribution is 6.02. The van der Waals surface area contributed by atoms with E-state index in [1.54, 1.807) is 0 Å². The number of nitrogens with zero attached hydrogens (tertiary/aromatic N) is 1. The van der Waals surface area contributed by atoms with Crippen molar-refractivity contribution in [2.45, 2.75) is 6.42 Å². The smallest absolute Gasteiger partial charge is 0.168 e. The SMILES string of the molecule is CNc1ccc2c(n1)C=CCC2=O. The summed E-state index contributed by atoms with van der Waals surface area (Å²) in [4.78, 5) is 15.6. The highest BCUT2D eigenvalue weighted by atomic mass is 16.1. The Morgan fingerprint density at radius 2 is 2.31 bits per heavy atom. The van der Waals surface area contributed by atoms with Gasteiger partial charge in [-0.15, -0.1) is 0 Å². The summed E-state index contributed by atoms with van der Waals surface area (Å²) in [5.74, 6) is 0.936. The quantitative estimate of drug-likeness (QED) is 0.704. The minimum absolute atomic E-state index is 0.146. The standard InChI is InChI=1S/C10H10N2O/c1-11-10-6-5-7-8(12-10)3-2-4-9(7)13/h2-3,5-6H,4H2,1H3,(H,11,12). The highest BCUT2D eigenvalue weighted by Gasteiger charge is 2.13. The molecule has 1 N–H and O–H groups in total. The molecule has 1 heterocycles. The number of carbonyl (C=O) groups is 1. The zero-order valence-corrected chi connectivity index (χ0v) is 7.37. The van der Waals surface area contributed by atoms with Crippen molar-refractivity contribution in [3.63, 3.8) is 0 Å². The summed E-state index contributed by atoms with van der Waals surface area (Å²) in [6.07, 6.45) is 4.22. The molecule has 0 radical (unpaired) electrons. The molecule has 3 heteroatoms. The molecule has 0 bridgehead atoms. The first-order valence-corrected chi connectivity index (χ1v) is 4.20. The van der Waals surface area contributed by atoms with E-state index in [1.807, 2.05) is 31.3 Å². The van der Waals surface area contributed by atoms with Gasteiger partial charge in [-0.25, -0.2) is 4.98 Å². The van der Waals surface area contributed by atoms with Crippen molar-refractivity contribution in [3.8, 4) is 0 Å². The minimum atomic E-state index is 0.146. The van der Waals surface area contributed by atoms with Crippen LogP contribution in [-0.4, -0.2) is 17.8 Å². The fourth-order valence-corrected chi connectivity index (χ4v) is 1.36. The maximum Gasteiger partial charge on any atom is 0.168 e. The lowest BCUT2D eigenvalue weighted by molar-refractivity contribution is 0.0994. The summed E-state index contributed by atoms with van der Waals surface area (Å²) in [6, 6.07) is 3.63. The minimum Gasteiger partial charge on any atom is -0.373 e. The number of fused-ring (bicyclic) bond motifs is 1. The Bertz CT molecular complexity index is 383. The van der Waals surface area contributed by atoms with E-state index in [-0.39, 0.29) is 5.78 Å². The third kappa shape index (κ3) is 1.33. The zero-order valence-electron chi connectivity index (χ0n) is 7.37. The molecule has 1 aromatic rings. The van der Waals surface area contributed by atoms with Crippen molar-refractivity contribution < 1.29 is 4.79 Å². The summed E-state index contributed by atoms with van der Waals surface area (Å²) in [5, 5.41) is 2.94. The van der Waals surface area contributed by atoms with Crippen LogP contribution in [0.4, 0.5) is 5.82 Å². The average molecular weight is 174 g/mol. The fourth-order valence-electron chi connectivity index (χ4n) is 1.36. The first kappa shape index (κ1) is 7.98. The van der Waals surface area contributed by atoms with E-state index in [0.29, 0.717) is 6.42 Å². The number of Topliss-reactive ketones (excluding diaryl/α,β-unsaturated/α-hetero) is 1. The molecule has 66 valence electrons. The maximum absolute atomic E-state index is 11.4. The van der Waals surface area contributed by atoms with Gasteiger partial charge in [0.1, 0.15) is 5.82 Å². The van der Waals surface area contributed by atoms with Crippen LogP contribution in [0.5, 0.6) is 0 Å². The molecule has 3 nitrogen and oxygen atoms in total. The van der Waals surface area contributed by atoms with Gasteiger partial charge in [-0.2, -0.15) is 0 Å². The maximum atomic E-state index is 11.4. The first-order chi connectivity index (χ1) is 6.31. The topological polar surface area (TPSA) is 42.0 Å². The van der Waals surface area contributed by atoms with Crippen molar-refractivity contribution in [2.24, 2.45) is 0 Å². The second-order valence-electron chi connectivity index (χ2n) is 2.91. The van der Waals surface area contributed by atoms with Crippen LogP contribution in [0.3, 0.4) is 0 Å². The number of carbonyl (C=O) groups excluding carboxylic acids is 1. The Labute approximate surface area is 76.5 Å². The van der Waals surface area contributed by atoms with Gasteiger partial charge in [0.05, 0.1) is 5.69 Å². The van der Waals surface area contributed by atoms with Gasteiger partial charge in [0.2, 0.25) is 0 Å². The molecule has 0 saturated heterocycles. The van der Waals surface area contributed by atoms with E-state index >= 15 is 0 Å². The third-order valence-corrected chi connectivity index (χ3v) is 2.06. The van der Waals surface area contributed by atoms with E-state index < -0.39 is 0 Å². The fraction of sp³-hybridized carbons (Fsp3) is 0.200. The normalized spacial score (nSPS) is 14.1. The van der Waals surface area contributed by atoms with Crippen LogP contribution >= 0.6 is 0 Å². The van der Waals surface area contributed by atoms with Gasteiger partial charge in [0.15, 0.2) is 5.78 Å². The van der Waals surface area contributed by atoms with Crippen LogP contribution in [0.2, 0.25) is 0 Å². The van der Waals surface area contributed by atoms with Crippen molar-refractivity contribution in [3.05, 3.63) is 29.5 Å². The molecule has 0 spiro atoms. The number of allylic oxidation sites excluding steroid dienone is 1. The molecule has 2 rings (SSSR count). The van der Waals surface area contributed by atoms with Gasteiger partial charge >= 0.3 is 0 Å². The number of rotatable bonds is 1. The second-order valence-corrected chi connectivity index (χ2v) is 2.91. The Morgan fingerprint density at radius 1 is 1.46 bits per heavy atom. The number of pyridine rings is 1. The number of hydrogen-bond acceptors (Lipinski definition) is 3. The predicted octanol–water partition coefficient (Wildman–Crippen LogP) is 1.72. The van der Waals surface area contributed by atoms with Crippen LogP contribution < -0.4 is 5.32 Å². The van der Waals surface area contributed by atoms with Crippen molar-refractivity contribution >= 4 is 17.7 Å². The van der Waals surface area contributed by atoms with Crippen molar-refractivity contribution in [1.29, 1.82) is 0 Å². The van der Waals surface area contributed by atoms with Crippen LogP contribution in [-0.2, 0) is 0 Å². The monoisotopic (exact) mass is 174 g/mol. The number of hydrogen-bond donors (Lipinski definition) is 1. The molecule has 0 aliphatic heterocycles. The molecule has 1 aromatic heterocycles. The van der Waals surface area contributed by atoms with Gasteiger partial charge in [0.25, 0.3) is 0 Å². The average Bonchev–Trinajstić information content (AvgIpc) is 2.18.